The van der Waals surface area contributed by atoms with Crippen molar-refractivity contribution in [1.82, 2.24) is 19.7 Å². The topological polar surface area (TPSA) is 109 Å². The van der Waals surface area contributed by atoms with Crippen LogP contribution >= 0.6 is 0 Å². The van der Waals surface area contributed by atoms with Crippen LogP contribution in [0, 0.1) is 5.82 Å². The fourth-order valence-electron chi connectivity index (χ4n) is 5.93. The van der Waals surface area contributed by atoms with E-state index in [1.165, 1.54) is 18.1 Å². The Morgan fingerprint density at radius 1 is 1.24 bits per heavy atom. The number of urea groups is 1. The van der Waals surface area contributed by atoms with Crippen molar-refractivity contribution < 1.29 is 28.9 Å². The van der Waals surface area contributed by atoms with Crippen LogP contribution < -0.4 is 4.74 Å². The first-order valence-corrected chi connectivity index (χ1v) is 12.9. The van der Waals surface area contributed by atoms with Crippen LogP contribution in [0.2, 0.25) is 0 Å². The van der Waals surface area contributed by atoms with E-state index in [2.05, 4.69) is 9.88 Å². The Bertz CT molecular complexity index is 1390. The largest absolute Gasteiger partial charge is 0.508 e. The number of benzene rings is 2. The summed E-state index contributed by atoms with van der Waals surface area (Å²) in [6, 6.07) is 8.53. The Morgan fingerprint density at radius 3 is 2.71 bits per heavy atom. The maximum Gasteiger partial charge on any atom is 0.328 e. The molecule has 2 atom stereocenters. The van der Waals surface area contributed by atoms with Gasteiger partial charge < -0.3 is 24.8 Å². The highest BCUT2D eigenvalue weighted by atomic mass is 19.1. The van der Waals surface area contributed by atoms with E-state index < -0.39 is 23.4 Å². The zero-order valence-electron chi connectivity index (χ0n) is 21.8. The summed E-state index contributed by atoms with van der Waals surface area (Å²) >= 11 is 0. The molecule has 0 bridgehead atoms. The van der Waals surface area contributed by atoms with Gasteiger partial charge >= 0.3 is 6.03 Å². The Kier molecular flexibility index (Phi) is 6.79. The minimum absolute atomic E-state index is 0.0403. The standard InChI is InChI=1S/C28H33FN4O5/c1-4-31(11-12-34)9-6-10-32-26(36)28(2)16-20-19-14-23(38-3)21(29)15-22(19)30-24(20)25(33(28)27(32)37)17-7-5-8-18(35)13-17/h5,7-8,13-15,25,30,34-35H,4,6,9-12,16H2,1-3H3. The van der Waals surface area contributed by atoms with E-state index in [1.54, 1.807) is 42.2 Å². The quantitative estimate of drug-likeness (QED) is 0.370. The normalized spacial score (nSPS) is 20.9. The van der Waals surface area contributed by atoms with Crippen molar-refractivity contribution >= 4 is 22.8 Å². The second kappa shape index (κ2) is 9.92. The molecule has 1 saturated heterocycles. The summed E-state index contributed by atoms with van der Waals surface area (Å²) in [7, 11) is 1.40. The van der Waals surface area contributed by atoms with Crippen molar-refractivity contribution in [3.05, 3.63) is 59.0 Å². The molecule has 9 nitrogen and oxygen atoms in total. The summed E-state index contributed by atoms with van der Waals surface area (Å²) in [5, 5.41) is 20.3. The highest BCUT2D eigenvalue weighted by Crippen LogP contribution is 2.49. The number of aromatic amines is 1. The van der Waals surface area contributed by atoms with Gasteiger partial charge in [-0.05, 0) is 55.8 Å². The number of ether oxygens (including phenoxy) is 1. The highest BCUT2D eigenvalue weighted by molar-refractivity contribution is 6.08. The molecule has 1 fully saturated rings. The molecule has 3 N–H and O–H groups in total. The predicted molar refractivity (Wildman–Crippen MR) is 140 cm³/mol. The first-order valence-electron chi connectivity index (χ1n) is 12.9. The van der Waals surface area contributed by atoms with E-state index in [1.807, 2.05) is 6.92 Å². The number of amides is 3. The Balaban J connectivity index is 1.58. The number of imide groups is 1. The van der Waals surface area contributed by atoms with Gasteiger partial charge in [-0.2, -0.15) is 0 Å². The smallest absolute Gasteiger partial charge is 0.328 e. The van der Waals surface area contributed by atoms with Crippen LogP contribution in [0.5, 0.6) is 11.5 Å². The number of fused-ring (bicyclic) bond motifs is 4. The van der Waals surface area contributed by atoms with Gasteiger partial charge in [-0.25, -0.2) is 9.18 Å². The van der Waals surface area contributed by atoms with Crippen LogP contribution in [-0.2, 0) is 11.2 Å². The molecule has 2 unspecified atom stereocenters. The molecule has 0 aliphatic carbocycles. The lowest BCUT2D eigenvalue weighted by Gasteiger charge is -2.42. The predicted octanol–water partition coefficient (Wildman–Crippen LogP) is 3.39. The Morgan fingerprint density at radius 2 is 2.03 bits per heavy atom. The lowest BCUT2D eigenvalue weighted by atomic mass is 9.81. The number of aromatic hydroxyl groups is 1. The number of nitrogens with zero attached hydrogens (tertiary/aromatic N) is 3. The number of H-pyrrole nitrogens is 1. The second-order valence-electron chi connectivity index (χ2n) is 10.1. The number of aliphatic hydroxyl groups is 1. The molecular formula is C28H33FN4O5. The van der Waals surface area contributed by atoms with Crippen molar-refractivity contribution in [2.75, 3.05) is 39.9 Å². The van der Waals surface area contributed by atoms with Gasteiger partial charge in [0, 0.05) is 42.2 Å². The van der Waals surface area contributed by atoms with Gasteiger partial charge in [0.05, 0.1) is 13.7 Å². The molecule has 2 aliphatic heterocycles. The molecule has 3 amide bonds. The molecule has 0 spiro atoms. The minimum atomic E-state index is -1.17. The van der Waals surface area contributed by atoms with Gasteiger partial charge in [0.15, 0.2) is 11.6 Å². The van der Waals surface area contributed by atoms with Crippen molar-refractivity contribution in [3.63, 3.8) is 0 Å². The second-order valence-corrected chi connectivity index (χ2v) is 10.1. The van der Waals surface area contributed by atoms with Crippen molar-refractivity contribution in [1.29, 1.82) is 0 Å². The molecule has 202 valence electrons. The van der Waals surface area contributed by atoms with Gasteiger partial charge in [0.2, 0.25) is 0 Å². The zero-order valence-corrected chi connectivity index (χ0v) is 21.8. The summed E-state index contributed by atoms with van der Waals surface area (Å²) in [5.74, 6) is -0.662. The first-order chi connectivity index (χ1) is 18.2. The number of hydrogen-bond acceptors (Lipinski definition) is 6. The third-order valence-electron chi connectivity index (χ3n) is 7.84. The van der Waals surface area contributed by atoms with Gasteiger partial charge in [0.1, 0.15) is 17.3 Å². The Hall–Kier alpha value is -3.63. The molecule has 2 aromatic carbocycles. The van der Waals surface area contributed by atoms with Crippen LogP contribution in [0.15, 0.2) is 36.4 Å². The fraction of sp³-hybridized carbons (Fsp3) is 0.429. The van der Waals surface area contributed by atoms with Crippen LogP contribution in [0.25, 0.3) is 10.9 Å². The molecular weight excluding hydrogens is 491 g/mol. The minimum Gasteiger partial charge on any atom is -0.508 e. The zero-order chi connectivity index (χ0) is 27.2. The number of hydrogen-bond donors (Lipinski definition) is 3. The molecule has 38 heavy (non-hydrogen) atoms. The molecule has 3 aromatic rings. The first kappa shape index (κ1) is 26.0. The number of rotatable bonds is 9. The van der Waals surface area contributed by atoms with Gasteiger partial charge in [-0.3, -0.25) is 14.6 Å². The van der Waals surface area contributed by atoms with Crippen molar-refractivity contribution in [2.24, 2.45) is 0 Å². The fourth-order valence-corrected chi connectivity index (χ4v) is 5.93. The number of halogens is 1. The number of carbonyl (C=O) groups excluding carboxylic acids is 2. The maximum absolute atomic E-state index is 14.6. The van der Waals surface area contributed by atoms with Crippen molar-refractivity contribution in [3.8, 4) is 11.5 Å². The molecule has 3 heterocycles. The maximum atomic E-state index is 14.6. The van der Waals surface area contributed by atoms with E-state index >= 15 is 0 Å². The monoisotopic (exact) mass is 524 g/mol. The average molecular weight is 525 g/mol. The summed E-state index contributed by atoms with van der Waals surface area (Å²) in [6.07, 6.45) is 0.829. The summed E-state index contributed by atoms with van der Waals surface area (Å²) in [6.45, 7) is 6.03. The van der Waals surface area contributed by atoms with E-state index in [4.69, 9.17) is 4.74 Å². The summed E-state index contributed by atoms with van der Waals surface area (Å²) in [4.78, 5) is 36.1. The van der Waals surface area contributed by atoms with Gasteiger partial charge in [-0.1, -0.05) is 19.1 Å². The third kappa shape index (κ3) is 4.08. The number of nitrogens with one attached hydrogen (secondary N) is 1. The van der Waals surface area contributed by atoms with Gasteiger partial charge in [-0.15, -0.1) is 0 Å². The lowest BCUT2D eigenvalue weighted by Crippen LogP contribution is -2.53. The number of phenols is 1. The SMILES string of the molecule is CCN(CCO)CCCN1C(=O)N2C(c3cccc(O)c3)c3[nH]c4cc(F)c(OC)cc4c3CC2(C)C1=O. The number of likely N-dealkylation sites (N-methyl/N-ethyl adjacent to an activating group) is 1. The third-order valence-corrected chi connectivity index (χ3v) is 7.84. The number of phenolic OH excluding ortho intramolecular Hbond substituents is 1. The summed E-state index contributed by atoms with van der Waals surface area (Å²) < 4.78 is 19.8. The van der Waals surface area contributed by atoms with E-state index in [0.29, 0.717) is 36.3 Å². The van der Waals surface area contributed by atoms with Gasteiger partial charge in [0.25, 0.3) is 5.91 Å². The molecule has 2 aliphatic rings. The van der Waals surface area contributed by atoms with E-state index in [9.17, 15) is 24.2 Å². The van der Waals surface area contributed by atoms with Crippen LogP contribution in [0.1, 0.15) is 43.1 Å². The highest BCUT2D eigenvalue weighted by Gasteiger charge is 2.60. The number of methoxy groups -OCH3 is 1. The molecule has 0 saturated carbocycles. The molecule has 1 aromatic heterocycles. The van der Waals surface area contributed by atoms with Crippen molar-refractivity contribution in [2.45, 2.75) is 38.3 Å². The van der Waals surface area contributed by atoms with Crippen LogP contribution in [0.3, 0.4) is 0 Å². The average Bonchev–Trinajstić information content (AvgIpc) is 3.32. The molecule has 0 radical (unpaired) electrons. The van der Waals surface area contributed by atoms with E-state index in [-0.39, 0.29) is 37.0 Å². The Labute approximate surface area is 220 Å². The molecule has 5 rings (SSSR count). The van der Waals surface area contributed by atoms with Crippen LogP contribution in [-0.4, -0.2) is 87.3 Å². The lowest BCUT2D eigenvalue weighted by molar-refractivity contribution is -0.133. The summed E-state index contributed by atoms with van der Waals surface area (Å²) in [5.41, 5.74) is 1.50. The van der Waals surface area contributed by atoms with E-state index in [0.717, 1.165) is 17.5 Å². The van der Waals surface area contributed by atoms with Crippen LogP contribution in [0.4, 0.5) is 9.18 Å². The number of aromatic nitrogens is 1. The number of carbonyl (C=O) groups is 2. The number of aliphatic hydroxyl groups excluding tert-OH is 1. The molecule has 10 heteroatoms.